The first-order valence-corrected chi connectivity index (χ1v) is 7.12. The minimum atomic E-state index is -0.896. The molecule has 0 bridgehead atoms. The van der Waals surface area contributed by atoms with Crippen LogP contribution >= 0.6 is 11.6 Å². The first-order chi connectivity index (χ1) is 9.79. The maximum atomic E-state index is 13.3. The van der Waals surface area contributed by atoms with Gasteiger partial charge in [0.2, 0.25) is 0 Å². The largest absolute Gasteiger partial charge is 0.481 e. The molecule has 0 fully saturated rings. The van der Waals surface area contributed by atoms with Crippen LogP contribution in [0.2, 0.25) is 5.02 Å². The second-order valence-corrected chi connectivity index (χ2v) is 5.84. The maximum Gasteiger partial charge on any atom is 0.303 e. The standard InChI is InChI=1S/C15H19ClFNO3/c1-9(2)5-10(6-14(19)20)8-18-15(21)11-3-4-12(16)13(17)7-11/h3-4,7,9-10H,5-6,8H2,1-2H3,(H,18,21)(H,19,20). The molecular weight excluding hydrogens is 297 g/mol. The first kappa shape index (κ1) is 17.4. The molecule has 0 saturated heterocycles. The van der Waals surface area contributed by atoms with Crippen molar-refractivity contribution in [2.75, 3.05) is 6.54 Å². The summed E-state index contributed by atoms with van der Waals surface area (Å²) in [5.41, 5.74) is 0.163. The molecule has 4 nitrogen and oxygen atoms in total. The molecule has 6 heteroatoms. The number of hydrogen-bond acceptors (Lipinski definition) is 2. The summed E-state index contributed by atoms with van der Waals surface area (Å²) < 4.78 is 13.3. The number of carboxylic acids is 1. The number of hydrogen-bond donors (Lipinski definition) is 2. The van der Waals surface area contributed by atoms with Gasteiger partial charge in [-0.05, 0) is 36.5 Å². The molecule has 1 amide bonds. The number of aliphatic carboxylic acids is 1. The van der Waals surface area contributed by atoms with Crippen LogP contribution in [-0.2, 0) is 4.79 Å². The topological polar surface area (TPSA) is 66.4 Å². The van der Waals surface area contributed by atoms with Gasteiger partial charge in [0.1, 0.15) is 5.82 Å². The lowest BCUT2D eigenvalue weighted by Crippen LogP contribution is -2.31. The molecule has 0 aromatic heterocycles. The third-order valence-corrected chi connectivity index (χ3v) is 3.31. The van der Waals surface area contributed by atoms with Gasteiger partial charge in [0.05, 0.1) is 5.02 Å². The third-order valence-electron chi connectivity index (χ3n) is 3.00. The number of carbonyl (C=O) groups excluding carboxylic acids is 1. The fourth-order valence-corrected chi connectivity index (χ4v) is 2.25. The van der Waals surface area contributed by atoms with Crippen molar-refractivity contribution in [1.82, 2.24) is 5.32 Å². The Labute approximate surface area is 128 Å². The Balaban J connectivity index is 2.63. The molecule has 1 aromatic carbocycles. The molecule has 1 atom stereocenters. The molecule has 0 spiro atoms. The summed E-state index contributed by atoms with van der Waals surface area (Å²) in [6.07, 6.45) is 0.689. The monoisotopic (exact) mass is 315 g/mol. The van der Waals surface area contributed by atoms with Crippen molar-refractivity contribution < 1.29 is 19.1 Å². The Kier molecular flexibility index (Phi) is 6.62. The lowest BCUT2D eigenvalue weighted by atomic mass is 9.94. The summed E-state index contributed by atoms with van der Waals surface area (Å²) in [7, 11) is 0. The van der Waals surface area contributed by atoms with Gasteiger partial charge in [-0.15, -0.1) is 0 Å². The van der Waals surface area contributed by atoms with E-state index in [-0.39, 0.29) is 29.5 Å². The summed E-state index contributed by atoms with van der Waals surface area (Å²) in [6, 6.07) is 3.80. The van der Waals surface area contributed by atoms with Crippen LogP contribution in [0.4, 0.5) is 4.39 Å². The Morgan fingerprint density at radius 2 is 2.05 bits per heavy atom. The van der Waals surface area contributed by atoms with Crippen LogP contribution < -0.4 is 5.32 Å². The van der Waals surface area contributed by atoms with E-state index in [0.717, 1.165) is 6.07 Å². The molecule has 0 radical (unpaired) electrons. The summed E-state index contributed by atoms with van der Waals surface area (Å²) >= 11 is 5.56. The zero-order valence-corrected chi connectivity index (χ0v) is 12.8. The lowest BCUT2D eigenvalue weighted by Gasteiger charge is -2.17. The van der Waals surface area contributed by atoms with Gasteiger partial charge in [-0.1, -0.05) is 25.4 Å². The highest BCUT2D eigenvalue weighted by Crippen LogP contribution is 2.17. The lowest BCUT2D eigenvalue weighted by molar-refractivity contribution is -0.138. The van der Waals surface area contributed by atoms with Crippen LogP contribution in [0.25, 0.3) is 0 Å². The second-order valence-electron chi connectivity index (χ2n) is 5.43. The van der Waals surface area contributed by atoms with E-state index in [2.05, 4.69) is 5.32 Å². The van der Waals surface area contributed by atoms with Gasteiger partial charge in [-0.3, -0.25) is 9.59 Å². The molecule has 0 heterocycles. The molecular formula is C15H19ClFNO3. The second kappa shape index (κ2) is 7.98. The maximum absolute atomic E-state index is 13.3. The third kappa shape index (κ3) is 6.12. The highest BCUT2D eigenvalue weighted by molar-refractivity contribution is 6.30. The molecule has 1 aromatic rings. The average Bonchev–Trinajstić information content (AvgIpc) is 2.37. The summed E-state index contributed by atoms with van der Waals surface area (Å²) in [4.78, 5) is 22.7. The molecule has 1 unspecified atom stereocenters. The van der Waals surface area contributed by atoms with E-state index < -0.39 is 17.7 Å². The van der Waals surface area contributed by atoms with Crippen LogP contribution in [0, 0.1) is 17.7 Å². The van der Waals surface area contributed by atoms with E-state index in [1.807, 2.05) is 13.8 Å². The Morgan fingerprint density at radius 1 is 1.38 bits per heavy atom. The fourth-order valence-electron chi connectivity index (χ4n) is 2.13. The van der Waals surface area contributed by atoms with Crippen LogP contribution in [0.3, 0.4) is 0 Å². The van der Waals surface area contributed by atoms with E-state index in [9.17, 15) is 14.0 Å². The molecule has 0 aliphatic heterocycles. The number of amides is 1. The minimum absolute atomic E-state index is 0.00651. The number of carboxylic acid groups (broad SMARTS) is 1. The van der Waals surface area contributed by atoms with E-state index >= 15 is 0 Å². The highest BCUT2D eigenvalue weighted by Gasteiger charge is 2.17. The van der Waals surface area contributed by atoms with Gasteiger partial charge in [-0.2, -0.15) is 0 Å². The summed E-state index contributed by atoms with van der Waals surface area (Å²) in [6.45, 7) is 4.23. The van der Waals surface area contributed by atoms with E-state index in [1.165, 1.54) is 12.1 Å². The highest BCUT2D eigenvalue weighted by atomic mass is 35.5. The summed E-state index contributed by atoms with van der Waals surface area (Å²) in [5, 5.41) is 11.5. The molecule has 0 aliphatic carbocycles. The number of carbonyl (C=O) groups is 2. The molecule has 2 N–H and O–H groups in total. The molecule has 0 aliphatic rings. The van der Waals surface area contributed by atoms with Crippen LogP contribution in [-0.4, -0.2) is 23.5 Å². The minimum Gasteiger partial charge on any atom is -0.481 e. The first-order valence-electron chi connectivity index (χ1n) is 6.74. The molecule has 0 saturated carbocycles. The Morgan fingerprint density at radius 3 is 2.57 bits per heavy atom. The van der Waals surface area contributed by atoms with Crippen LogP contribution in [0.15, 0.2) is 18.2 Å². The normalized spacial score (nSPS) is 12.2. The summed E-state index contributed by atoms with van der Waals surface area (Å²) in [5.74, 6) is -1.81. The van der Waals surface area contributed by atoms with Crippen molar-refractivity contribution in [3.8, 4) is 0 Å². The quantitative estimate of drug-likeness (QED) is 0.811. The van der Waals surface area contributed by atoms with Gasteiger partial charge < -0.3 is 10.4 Å². The SMILES string of the molecule is CC(C)CC(CNC(=O)c1ccc(Cl)c(F)c1)CC(=O)O. The zero-order chi connectivity index (χ0) is 16.0. The fraction of sp³-hybridized carbons (Fsp3) is 0.467. The number of halogens is 2. The van der Waals surface area contributed by atoms with E-state index in [4.69, 9.17) is 16.7 Å². The average molecular weight is 316 g/mol. The van der Waals surface area contributed by atoms with Gasteiger partial charge in [0.25, 0.3) is 5.91 Å². The van der Waals surface area contributed by atoms with Crippen LogP contribution in [0.1, 0.15) is 37.0 Å². The molecule has 1 rings (SSSR count). The molecule has 21 heavy (non-hydrogen) atoms. The van der Waals surface area contributed by atoms with Gasteiger partial charge in [0, 0.05) is 18.5 Å². The van der Waals surface area contributed by atoms with Gasteiger partial charge in [-0.25, -0.2) is 4.39 Å². The van der Waals surface area contributed by atoms with Gasteiger partial charge in [0.15, 0.2) is 0 Å². The van der Waals surface area contributed by atoms with Gasteiger partial charge >= 0.3 is 5.97 Å². The van der Waals surface area contributed by atoms with Crippen molar-refractivity contribution >= 4 is 23.5 Å². The number of nitrogens with one attached hydrogen (secondary N) is 1. The van der Waals surface area contributed by atoms with Crippen molar-refractivity contribution in [2.24, 2.45) is 11.8 Å². The smallest absolute Gasteiger partial charge is 0.303 e. The van der Waals surface area contributed by atoms with Crippen molar-refractivity contribution in [1.29, 1.82) is 0 Å². The number of rotatable bonds is 7. The van der Waals surface area contributed by atoms with E-state index in [0.29, 0.717) is 12.3 Å². The van der Waals surface area contributed by atoms with Crippen molar-refractivity contribution in [3.63, 3.8) is 0 Å². The van der Waals surface area contributed by atoms with Crippen LogP contribution in [0.5, 0.6) is 0 Å². The number of benzene rings is 1. The van der Waals surface area contributed by atoms with Crippen molar-refractivity contribution in [2.45, 2.75) is 26.7 Å². The Hall–Kier alpha value is -1.62. The Bertz CT molecular complexity index is 520. The predicted molar refractivity (Wildman–Crippen MR) is 78.9 cm³/mol. The van der Waals surface area contributed by atoms with Crippen molar-refractivity contribution in [3.05, 3.63) is 34.6 Å². The zero-order valence-electron chi connectivity index (χ0n) is 12.0. The molecule has 116 valence electrons. The predicted octanol–water partition coefficient (Wildman–Crippen LogP) is 3.35. The van der Waals surface area contributed by atoms with E-state index in [1.54, 1.807) is 0 Å².